The number of ketones is 2. The van der Waals surface area contributed by atoms with E-state index in [1.807, 2.05) is 60.7 Å². The van der Waals surface area contributed by atoms with Gasteiger partial charge in [0, 0.05) is 16.7 Å². The Labute approximate surface area is 415 Å². The Morgan fingerprint density at radius 3 is 1.33 bits per heavy atom. The summed E-state index contributed by atoms with van der Waals surface area (Å²) in [7, 11) is 0. The van der Waals surface area contributed by atoms with Gasteiger partial charge in [-0.2, -0.15) is 0 Å². The van der Waals surface area contributed by atoms with Crippen molar-refractivity contribution in [1.29, 1.82) is 0 Å². The summed E-state index contributed by atoms with van der Waals surface area (Å²) in [5, 5.41) is 0. The second-order valence-electron chi connectivity index (χ2n) is 23.1. The molecule has 7 aromatic rings. The van der Waals surface area contributed by atoms with E-state index < -0.39 is 0 Å². The summed E-state index contributed by atoms with van der Waals surface area (Å²) in [6.07, 6.45) is 6.12. The molecule has 7 heteroatoms. The second-order valence-corrected chi connectivity index (χ2v) is 23.1. The minimum Gasteiger partial charge on any atom is -0.657 e. The van der Waals surface area contributed by atoms with E-state index >= 15 is 0 Å². The van der Waals surface area contributed by atoms with Crippen molar-refractivity contribution in [3.63, 3.8) is 0 Å². The number of allylic oxidation sites excluding steroid dienone is 1. The minimum atomic E-state index is -0.169. The number of aromatic nitrogens is 4. The SMILES string of the molecule is CC(C)(C)c1cc(-c2c3nc(c(-c4cc(C(C)(C)C)cc(C(C)(C)C)c4)c4cc5c([n-]4)c(c4nc6c(c7ccc2[n-]7)-c2ccccc2C(=O)C6=C4)-c2ccccc2C5=O)C=C3)cc(C(C)(C)C)c1.[Ni+2]. The standard InChI is InChI=1S/C62H58N4O2.Ni/c1-59(2,3)35-25-33(26-36(29-35)60(4,5)6)51-45-21-22-47(63-45)52(34-27-37(61(7,8)9)30-38(28-34)62(10,11)12)49-31-43-56(65-49)54(40-18-14-16-20-42(40)58(43)68)50-32-44-55(66-50)53(48-24-23-46(51)64-48)39-17-13-15-19-41(39)57(44)67;/h13-32H,1-12H3,(H2,63,64,65,66,67,68);/q;+2/p-2. The summed E-state index contributed by atoms with van der Waals surface area (Å²) in [5.74, 6) is -0.201. The number of hydrogen-bond acceptors (Lipinski definition) is 4. The molecule has 0 saturated carbocycles. The summed E-state index contributed by atoms with van der Waals surface area (Å²) in [6.45, 7) is 27.0. The first kappa shape index (κ1) is 46.1. The predicted molar refractivity (Wildman–Crippen MR) is 280 cm³/mol. The second kappa shape index (κ2) is 15.7. The number of fused-ring (bicyclic) bond motifs is 12. The predicted octanol–water partition coefficient (Wildman–Crippen LogP) is 14.9. The van der Waals surface area contributed by atoms with Crippen molar-refractivity contribution in [2.45, 2.75) is 105 Å². The smallest absolute Gasteiger partial charge is 0.657 e. The van der Waals surface area contributed by atoms with Crippen molar-refractivity contribution in [3.8, 4) is 44.5 Å². The first-order chi connectivity index (χ1) is 32.0. The zero-order chi connectivity index (χ0) is 48.0. The van der Waals surface area contributed by atoms with E-state index in [4.69, 9.17) is 19.9 Å². The van der Waals surface area contributed by atoms with E-state index in [9.17, 15) is 9.59 Å². The van der Waals surface area contributed by atoms with Crippen LogP contribution in [0.4, 0.5) is 0 Å². The third-order valence-electron chi connectivity index (χ3n) is 14.1. The molecule has 4 aliphatic rings. The molecule has 5 heterocycles. The van der Waals surface area contributed by atoms with Crippen LogP contribution in [0.3, 0.4) is 0 Å². The summed E-state index contributed by atoms with van der Waals surface area (Å²) < 4.78 is 0. The van der Waals surface area contributed by atoms with Gasteiger partial charge in [0.25, 0.3) is 0 Å². The van der Waals surface area contributed by atoms with Crippen LogP contribution in [-0.4, -0.2) is 21.5 Å². The van der Waals surface area contributed by atoms with Gasteiger partial charge in [0.2, 0.25) is 0 Å². The molecule has 0 amide bonds. The van der Waals surface area contributed by atoms with Crippen molar-refractivity contribution < 1.29 is 26.1 Å². The van der Waals surface area contributed by atoms with Crippen LogP contribution in [0.1, 0.15) is 154 Å². The van der Waals surface area contributed by atoms with E-state index in [-0.39, 0.29) is 49.7 Å². The first-order valence-corrected chi connectivity index (χ1v) is 23.8. The number of benzene rings is 4. The van der Waals surface area contributed by atoms with Gasteiger partial charge in [0.15, 0.2) is 11.6 Å². The first-order valence-electron chi connectivity index (χ1n) is 23.8. The van der Waals surface area contributed by atoms with E-state index in [1.165, 1.54) is 22.3 Å². The minimum absolute atomic E-state index is 0. The van der Waals surface area contributed by atoms with E-state index in [1.54, 1.807) is 0 Å². The third-order valence-corrected chi connectivity index (χ3v) is 14.1. The quantitative estimate of drug-likeness (QED) is 0.160. The molecule has 2 aliphatic heterocycles. The number of carbonyl (C=O) groups is 2. The summed E-state index contributed by atoms with van der Waals surface area (Å²) >= 11 is 0. The summed E-state index contributed by atoms with van der Waals surface area (Å²) in [5.41, 5.74) is 18.4. The molecule has 0 saturated heterocycles. The zero-order valence-corrected chi connectivity index (χ0v) is 42.5. The average Bonchev–Trinajstić information content (AvgIpc) is 4.11. The molecule has 0 spiro atoms. The third kappa shape index (κ3) is 7.52. The number of hydrogen-bond donors (Lipinski definition) is 0. The van der Waals surface area contributed by atoms with Gasteiger partial charge in [0.1, 0.15) is 0 Å². The van der Waals surface area contributed by atoms with Gasteiger partial charge in [-0.3, -0.25) is 9.59 Å². The fourth-order valence-electron chi connectivity index (χ4n) is 10.1. The Hall–Kier alpha value is -6.69. The van der Waals surface area contributed by atoms with Crippen LogP contribution in [0.2, 0.25) is 0 Å². The average molecular weight is 948 g/mol. The van der Waals surface area contributed by atoms with Crippen molar-refractivity contribution in [2.75, 3.05) is 0 Å². The fraction of sp³-hybridized carbons (Fsp3) is 0.258. The molecule has 0 fully saturated rings. The molecule has 0 atom stereocenters. The fourth-order valence-corrected chi connectivity index (χ4v) is 10.1. The molecule has 0 radical (unpaired) electrons. The topological polar surface area (TPSA) is 88.1 Å². The van der Waals surface area contributed by atoms with Crippen LogP contribution in [0, 0.1) is 0 Å². The van der Waals surface area contributed by atoms with E-state index in [2.05, 4.69) is 144 Å². The van der Waals surface area contributed by atoms with E-state index in [0.29, 0.717) is 55.8 Å². The number of rotatable bonds is 2. The maximum Gasteiger partial charge on any atom is 2.00 e. The van der Waals surface area contributed by atoms with Crippen LogP contribution in [0.5, 0.6) is 0 Å². The largest absolute Gasteiger partial charge is 2.00 e. The van der Waals surface area contributed by atoms with Crippen molar-refractivity contribution in [2.24, 2.45) is 0 Å². The normalized spacial score (nSPS) is 14.1. The Kier molecular flexibility index (Phi) is 10.5. The zero-order valence-electron chi connectivity index (χ0n) is 41.5. The van der Waals surface area contributed by atoms with Crippen molar-refractivity contribution in [1.82, 2.24) is 19.9 Å². The maximum absolute atomic E-state index is 14.8. The van der Waals surface area contributed by atoms with Crippen LogP contribution in [0.25, 0.3) is 90.4 Å². The Bertz CT molecular complexity index is 3580. The number of Topliss-reactive ketones (excluding diaryl/α,β-unsaturated/α-hetero) is 1. The molecule has 0 unspecified atom stereocenters. The van der Waals surface area contributed by atoms with Crippen LogP contribution < -0.4 is 9.97 Å². The Balaban J connectivity index is 0.00000553. The molecule has 11 rings (SSSR count). The molecule has 6 nitrogen and oxygen atoms in total. The molecule has 8 bridgehead atoms. The number of carbonyl (C=O) groups excluding carboxylic acids is 2. The van der Waals surface area contributed by atoms with Gasteiger partial charge in [-0.25, -0.2) is 9.97 Å². The maximum atomic E-state index is 14.8. The van der Waals surface area contributed by atoms with Crippen LogP contribution >= 0.6 is 0 Å². The Morgan fingerprint density at radius 1 is 0.406 bits per heavy atom. The van der Waals surface area contributed by atoms with Crippen LogP contribution in [0.15, 0.2) is 103 Å². The Morgan fingerprint density at radius 2 is 0.841 bits per heavy atom. The molecule has 4 aromatic carbocycles. The van der Waals surface area contributed by atoms with Crippen molar-refractivity contribution in [3.05, 3.63) is 165 Å². The molecular formula is C62H56N4NiO2. The van der Waals surface area contributed by atoms with Crippen LogP contribution in [-0.2, 0) is 38.2 Å². The molecule has 0 N–H and O–H groups in total. The molecule has 69 heavy (non-hydrogen) atoms. The summed E-state index contributed by atoms with van der Waals surface area (Å²) in [6, 6.07) is 35.4. The van der Waals surface area contributed by atoms with Gasteiger partial charge in [-0.1, -0.05) is 186 Å². The monoisotopic (exact) mass is 946 g/mol. The van der Waals surface area contributed by atoms with Gasteiger partial charge < -0.3 is 9.97 Å². The molecule has 3 aromatic heterocycles. The molecule has 346 valence electrons. The van der Waals surface area contributed by atoms with Gasteiger partial charge in [-0.15, -0.1) is 22.1 Å². The molecule has 2 aliphatic carbocycles. The van der Waals surface area contributed by atoms with Gasteiger partial charge in [0.05, 0.1) is 28.3 Å². The molecular weight excluding hydrogens is 891 g/mol. The van der Waals surface area contributed by atoms with Gasteiger partial charge in [-0.05, 0) is 107 Å². The number of nitrogens with zero attached hydrogens (tertiary/aromatic N) is 4. The van der Waals surface area contributed by atoms with E-state index in [0.717, 1.165) is 55.8 Å². The van der Waals surface area contributed by atoms with Crippen molar-refractivity contribution >= 4 is 57.4 Å². The van der Waals surface area contributed by atoms with Gasteiger partial charge >= 0.3 is 16.5 Å². The summed E-state index contributed by atoms with van der Waals surface area (Å²) in [4.78, 5) is 51.6.